The summed E-state index contributed by atoms with van der Waals surface area (Å²) >= 11 is 6.06. The summed E-state index contributed by atoms with van der Waals surface area (Å²) in [6.45, 7) is 6.16. The molecule has 1 aromatic heterocycles. The third-order valence-electron chi connectivity index (χ3n) is 2.98. The van der Waals surface area contributed by atoms with Crippen LogP contribution in [0, 0.1) is 6.92 Å². The number of nitrogen functional groups attached to an aromatic ring is 1. The molecule has 2 aromatic rings. The van der Waals surface area contributed by atoms with Gasteiger partial charge in [-0.05, 0) is 36.1 Å². The highest BCUT2D eigenvalue weighted by Gasteiger charge is 2.12. The van der Waals surface area contributed by atoms with Crippen LogP contribution >= 0.6 is 11.6 Å². The number of rotatable bonds is 3. The van der Waals surface area contributed by atoms with Crippen molar-refractivity contribution in [2.24, 2.45) is 0 Å². The minimum absolute atomic E-state index is 0.318. The second kappa shape index (κ2) is 5.49. The predicted molar refractivity (Wildman–Crippen MR) is 79.0 cm³/mol. The molecule has 0 aliphatic rings. The van der Waals surface area contributed by atoms with E-state index in [4.69, 9.17) is 22.1 Å². The lowest BCUT2D eigenvalue weighted by Gasteiger charge is -2.16. The van der Waals surface area contributed by atoms with Crippen LogP contribution in [0.1, 0.15) is 30.9 Å². The molecule has 1 heterocycles. The smallest absolute Gasteiger partial charge is 0.149 e. The number of nitrogens with zero attached hydrogens (tertiary/aromatic N) is 1. The number of nitrogens with two attached hydrogens (primary N) is 1. The van der Waals surface area contributed by atoms with Gasteiger partial charge in [-0.1, -0.05) is 25.4 Å². The van der Waals surface area contributed by atoms with E-state index in [-0.39, 0.29) is 0 Å². The van der Waals surface area contributed by atoms with E-state index in [1.54, 1.807) is 18.5 Å². The van der Waals surface area contributed by atoms with Gasteiger partial charge in [-0.15, -0.1) is 0 Å². The Bertz CT molecular complexity index is 597. The van der Waals surface area contributed by atoms with Crippen molar-refractivity contribution in [3.8, 4) is 11.5 Å². The number of aromatic nitrogens is 1. The van der Waals surface area contributed by atoms with Crippen molar-refractivity contribution in [3.05, 3.63) is 46.7 Å². The van der Waals surface area contributed by atoms with E-state index < -0.39 is 0 Å². The number of ether oxygens (including phenoxy) is 1. The van der Waals surface area contributed by atoms with Crippen molar-refractivity contribution < 1.29 is 4.74 Å². The molecule has 1 aromatic carbocycles. The minimum Gasteiger partial charge on any atom is -0.455 e. The first-order valence-electron chi connectivity index (χ1n) is 6.16. The topological polar surface area (TPSA) is 48.1 Å². The molecule has 0 atom stereocenters. The number of hydrogen-bond donors (Lipinski definition) is 1. The maximum atomic E-state index is 6.06. The number of anilines is 1. The van der Waals surface area contributed by atoms with E-state index in [0.29, 0.717) is 16.7 Å². The van der Waals surface area contributed by atoms with E-state index in [9.17, 15) is 0 Å². The maximum Gasteiger partial charge on any atom is 0.149 e. The van der Waals surface area contributed by atoms with Gasteiger partial charge >= 0.3 is 0 Å². The molecule has 0 aliphatic heterocycles. The molecule has 0 unspecified atom stereocenters. The van der Waals surface area contributed by atoms with Crippen LogP contribution in [0.4, 0.5) is 5.69 Å². The average Bonchev–Trinajstić information content (AvgIpc) is 2.36. The van der Waals surface area contributed by atoms with Gasteiger partial charge in [0.15, 0.2) is 0 Å². The summed E-state index contributed by atoms with van der Waals surface area (Å²) in [7, 11) is 0. The molecule has 0 spiro atoms. The summed E-state index contributed by atoms with van der Waals surface area (Å²) in [6, 6.07) is 5.66. The Morgan fingerprint density at radius 1 is 1.26 bits per heavy atom. The zero-order chi connectivity index (χ0) is 14.0. The quantitative estimate of drug-likeness (QED) is 0.837. The highest BCUT2D eigenvalue weighted by Crippen LogP contribution is 2.36. The van der Waals surface area contributed by atoms with Crippen molar-refractivity contribution in [3.63, 3.8) is 0 Å². The second-order valence-electron chi connectivity index (χ2n) is 4.81. The molecular formula is C15H17ClN2O. The standard InChI is InChI=1S/C15H17ClN2O/c1-9(2)11-7-13(17)10(3)6-15(11)19-14-4-5-18-8-12(14)16/h4-9H,17H2,1-3H3. The number of halogens is 1. The number of aryl methyl sites for hydroxylation is 1. The number of benzene rings is 1. The van der Waals surface area contributed by atoms with Gasteiger partial charge in [0.25, 0.3) is 0 Å². The van der Waals surface area contributed by atoms with Crippen LogP contribution in [-0.4, -0.2) is 4.98 Å². The molecule has 0 aliphatic carbocycles. The Morgan fingerprint density at radius 2 is 2.00 bits per heavy atom. The molecule has 0 radical (unpaired) electrons. The van der Waals surface area contributed by atoms with E-state index in [0.717, 1.165) is 22.6 Å². The fraction of sp³-hybridized carbons (Fsp3) is 0.267. The van der Waals surface area contributed by atoms with E-state index in [2.05, 4.69) is 18.8 Å². The average molecular weight is 277 g/mol. The second-order valence-corrected chi connectivity index (χ2v) is 5.22. The van der Waals surface area contributed by atoms with Crippen molar-refractivity contribution in [1.82, 2.24) is 4.98 Å². The van der Waals surface area contributed by atoms with Crippen LogP contribution in [0.15, 0.2) is 30.6 Å². The Morgan fingerprint density at radius 3 is 2.63 bits per heavy atom. The number of pyridine rings is 1. The third-order valence-corrected chi connectivity index (χ3v) is 3.26. The van der Waals surface area contributed by atoms with Gasteiger partial charge in [0.05, 0.1) is 0 Å². The van der Waals surface area contributed by atoms with Crippen LogP contribution < -0.4 is 10.5 Å². The molecule has 19 heavy (non-hydrogen) atoms. The molecule has 0 bridgehead atoms. The molecular weight excluding hydrogens is 260 g/mol. The highest BCUT2D eigenvalue weighted by atomic mass is 35.5. The molecule has 0 fully saturated rings. The Kier molecular flexibility index (Phi) is 3.96. The Labute approximate surface area is 118 Å². The summed E-state index contributed by atoms with van der Waals surface area (Å²) in [4.78, 5) is 3.94. The maximum absolute atomic E-state index is 6.06. The van der Waals surface area contributed by atoms with Crippen LogP contribution in [0.2, 0.25) is 5.02 Å². The largest absolute Gasteiger partial charge is 0.455 e. The number of hydrogen-bond acceptors (Lipinski definition) is 3. The summed E-state index contributed by atoms with van der Waals surface area (Å²) in [5, 5.41) is 0.492. The molecule has 2 N–H and O–H groups in total. The van der Waals surface area contributed by atoms with Gasteiger partial charge in [-0.25, -0.2) is 0 Å². The summed E-state index contributed by atoms with van der Waals surface area (Å²) < 4.78 is 5.91. The van der Waals surface area contributed by atoms with Crippen molar-refractivity contribution in [2.45, 2.75) is 26.7 Å². The Hall–Kier alpha value is -1.74. The third kappa shape index (κ3) is 2.99. The fourth-order valence-corrected chi connectivity index (χ4v) is 1.98. The van der Waals surface area contributed by atoms with Crippen LogP contribution in [0.3, 0.4) is 0 Å². The van der Waals surface area contributed by atoms with Gasteiger partial charge in [0.1, 0.15) is 16.5 Å². The zero-order valence-corrected chi connectivity index (χ0v) is 12.0. The van der Waals surface area contributed by atoms with Gasteiger partial charge in [-0.2, -0.15) is 0 Å². The normalized spacial score (nSPS) is 10.8. The highest BCUT2D eigenvalue weighted by molar-refractivity contribution is 6.31. The minimum atomic E-state index is 0.318. The lowest BCUT2D eigenvalue weighted by atomic mass is 9.99. The Balaban J connectivity index is 2.45. The summed E-state index contributed by atoms with van der Waals surface area (Å²) in [5.41, 5.74) is 8.79. The van der Waals surface area contributed by atoms with Crippen LogP contribution in [-0.2, 0) is 0 Å². The van der Waals surface area contributed by atoms with Gasteiger partial charge < -0.3 is 10.5 Å². The monoisotopic (exact) mass is 276 g/mol. The first kappa shape index (κ1) is 13.7. The van der Waals surface area contributed by atoms with Crippen LogP contribution in [0.25, 0.3) is 0 Å². The molecule has 0 saturated carbocycles. The molecule has 2 rings (SSSR count). The predicted octanol–water partition coefficient (Wildman–Crippen LogP) is 4.54. The first-order valence-corrected chi connectivity index (χ1v) is 6.54. The van der Waals surface area contributed by atoms with Crippen LogP contribution in [0.5, 0.6) is 11.5 Å². The molecule has 100 valence electrons. The fourth-order valence-electron chi connectivity index (χ4n) is 1.82. The lowest BCUT2D eigenvalue weighted by Crippen LogP contribution is -1.99. The lowest BCUT2D eigenvalue weighted by molar-refractivity contribution is 0.472. The molecule has 3 nitrogen and oxygen atoms in total. The van der Waals surface area contributed by atoms with Crippen molar-refractivity contribution in [1.29, 1.82) is 0 Å². The SMILES string of the molecule is Cc1cc(Oc2ccncc2Cl)c(C(C)C)cc1N. The summed E-state index contributed by atoms with van der Waals surface area (Å²) in [5.74, 6) is 1.70. The molecule has 4 heteroatoms. The summed E-state index contributed by atoms with van der Waals surface area (Å²) in [6.07, 6.45) is 3.22. The van der Waals surface area contributed by atoms with Gasteiger partial charge in [-0.3, -0.25) is 4.98 Å². The van der Waals surface area contributed by atoms with Gasteiger partial charge in [0.2, 0.25) is 0 Å². The first-order chi connectivity index (χ1) is 8.99. The van der Waals surface area contributed by atoms with E-state index >= 15 is 0 Å². The van der Waals surface area contributed by atoms with E-state index in [1.807, 2.05) is 19.1 Å². The zero-order valence-electron chi connectivity index (χ0n) is 11.3. The van der Waals surface area contributed by atoms with Crippen molar-refractivity contribution in [2.75, 3.05) is 5.73 Å². The van der Waals surface area contributed by atoms with E-state index in [1.165, 1.54) is 0 Å². The molecule has 0 saturated heterocycles. The van der Waals surface area contributed by atoms with Crippen molar-refractivity contribution >= 4 is 17.3 Å². The molecule has 0 amide bonds. The van der Waals surface area contributed by atoms with Gasteiger partial charge in [0, 0.05) is 24.1 Å².